The van der Waals surface area contributed by atoms with Gasteiger partial charge in [0.2, 0.25) is 11.8 Å². The summed E-state index contributed by atoms with van der Waals surface area (Å²) < 4.78 is 0.911. The van der Waals surface area contributed by atoms with Crippen molar-refractivity contribution in [1.82, 2.24) is 15.1 Å². The monoisotopic (exact) mass is 391 g/mol. The Kier molecular flexibility index (Phi) is 3.83. The number of halogens is 1. The van der Waals surface area contributed by atoms with Crippen LogP contribution in [-0.2, 0) is 9.59 Å². The third kappa shape index (κ3) is 2.51. The van der Waals surface area contributed by atoms with Gasteiger partial charge < -0.3 is 15.1 Å². The van der Waals surface area contributed by atoms with Gasteiger partial charge in [-0.05, 0) is 43.5 Å². The second-order valence-corrected chi connectivity index (χ2v) is 7.52. The van der Waals surface area contributed by atoms with E-state index >= 15 is 0 Å². The molecule has 7 heteroatoms. The average Bonchev–Trinajstić information content (AvgIpc) is 3.20. The first kappa shape index (κ1) is 15.6. The first-order valence-corrected chi connectivity index (χ1v) is 9.01. The first-order chi connectivity index (χ1) is 11.5. The minimum Gasteiger partial charge on any atom is -0.347 e. The molecule has 3 aliphatic rings. The minimum absolute atomic E-state index is 0.0393. The largest absolute Gasteiger partial charge is 0.347 e. The summed E-state index contributed by atoms with van der Waals surface area (Å²) in [5, 5.41) is 2.96. The molecule has 6 nitrogen and oxygen atoms in total. The maximum atomic E-state index is 12.6. The lowest BCUT2D eigenvalue weighted by Gasteiger charge is -2.38. The van der Waals surface area contributed by atoms with Gasteiger partial charge in [-0.2, -0.15) is 0 Å². The molecule has 0 unspecified atom stereocenters. The Balaban J connectivity index is 1.46. The van der Waals surface area contributed by atoms with E-state index in [1.807, 2.05) is 12.1 Å². The predicted molar refractivity (Wildman–Crippen MR) is 90.2 cm³/mol. The van der Waals surface area contributed by atoms with Crippen molar-refractivity contribution in [1.29, 1.82) is 0 Å². The van der Waals surface area contributed by atoms with Gasteiger partial charge in [0.15, 0.2) is 0 Å². The van der Waals surface area contributed by atoms with Crippen LogP contribution in [0, 0.1) is 0 Å². The Morgan fingerprint density at radius 2 is 1.79 bits per heavy atom. The molecular weight excluding hydrogens is 374 g/mol. The third-order valence-electron chi connectivity index (χ3n) is 5.13. The SMILES string of the molecule is O=C(N[C@H]1C[C@H]2C(=O)N3CCC[C@@H]3C(=O)N2C1)c1ccc(Br)cc1. The summed E-state index contributed by atoms with van der Waals surface area (Å²) in [7, 11) is 0. The number of nitrogens with one attached hydrogen (secondary N) is 1. The zero-order valence-corrected chi connectivity index (χ0v) is 14.7. The zero-order valence-electron chi connectivity index (χ0n) is 13.1. The van der Waals surface area contributed by atoms with Gasteiger partial charge >= 0.3 is 0 Å². The summed E-state index contributed by atoms with van der Waals surface area (Å²) in [6.07, 6.45) is 2.15. The normalized spacial score (nSPS) is 28.8. The van der Waals surface area contributed by atoms with Crippen molar-refractivity contribution < 1.29 is 14.4 Å². The fourth-order valence-electron chi connectivity index (χ4n) is 3.96. The molecule has 0 saturated carbocycles. The van der Waals surface area contributed by atoms with E-state index in [0.29, 0.717) is 25.1 Å². The Morgan fingerprint density at radius 3 is 2.54 bits per heavy atom. The molecule has 0 radical (unpaired) electrons. The molecule has 0 aromatic heterocycles. The molecule has 1 aromatic rings. The number of piperazine rings is 1. The maximum Gasteiger partial charge on any atom is 0.251 e. The molecular formula is C17H18BrN3O3. The molecule has 0 bridgehead atoms. The van der Waals surface area contributed by atoms with Crippen LogP contribution in [0.5, 0.6) is 0 Å². The lowest BCUT2D eigenvalue weighted by molar-refractivity contribution is -0.156. The number of nitrogens with zero attached hydrogens (tertiary/aromatic N) is 2. The van der Waals surface area contributed by atoms with E-state index in [1.54, 1.807) is 21.9 Å². The summed E-state index contributed by atoms with van der Waals surface area (Å²) in [5.41, 5.74) is 0.571. The van der Waals surface area contributed by atoms with E-state index < -0.39 is 6.04 Å². The van der Waals surface area contributed by atoms with Gasteiger partial charge in [-0.3, -0.25) is 14.4 Å². The van der Waals surface area contributed by atoms with Crippen molar-refractivity contribution in [2.24, 2.45) is 0 Å². The number of benzene rings is 1. The molecule has 3 saturated heterocycles. The molecule has 3 atom stereocenters. The van der Waals surface area contributed by atoms with E-state index in [2.05, 4.69) is 21.2 Å². The zero-order chi connectivity index (χ0) is 16.8. The van der Waals surface area contributed by atoms with Crippen LogP contribution in [0.4, 0.5) is 0 Å². The number of rotatable bonds is 2. The summed E-state index contributed by atoms with van der Waals surface area (Å²) >= 11 is 3.34. The van der Waals surface area contributed by atoms with Crippen molar-refractivity contribution in [3.63, 3.8) is 0 Å². The van der Waals surface area contributed by atoms with Crippen LogP contribution in [0.25, 0.3) is 0 Å². The van der Waals surface area contributed by atoms with E-state index in [4.69, 9.17) is 0 Å². The Morgan fingerprint density at radius 1 is 1.08 bits per heavy atom. The lowest BCUT2D eigenvalue weighted by Crippen LogP contribution is -2.60. The first-order valence-electron chi connectivity index (χ1n) is 8.22. The lowest BCUT2D eigenvalue weighted by atomic mass is 10.1. The fraction of sp³-hybridized carbons (Fsp3) is 0.471. The Bertz CT molecular complexity index is 676. The molecule has 24 heavy (non-hydrogen) atoms. The predicted octanol–water partition coefficient (Wildman–Crippen LogP) is 1.15. The third-order valence-corrected chi connectivity index (χ3v) is 5.66. The second kappa shape index (κ2) is 5.88. The van der Waals surface area contributed by atoms with Crippen LogP contribution in [0.2, 0.25) is 0 Å². The van der Waals surface area contributed by atoms with E-state index in [-0.39, 0.29) is 29.8 Å². The van der Waals surface area contributed by atoms with Gasteiger partial charge in [0.1, 0.15) is 12.1 Å². The molecule has 126 valence electrons. The summed E-state index contributed by atoms with van der Waals surface area (Å²) in [5.74, 6) is -0.0947. The van der Waals surface area contributed by atoms with Crippen LogP contribution in [0.15, 0.2) is 28.7 Å². The molecule has 3 amide bonds. The van der Waals surface area contributed by atoms with Crippen LogP contribution in [-0.4, -0.2) is 58.7 Å². The second-order valence-electron chi connectivity index (χ2n) is 6.61. The van der Waals surface area contributed by atoms with Gasteiger partial charge in [-0.15, -0.1) is 0 Å². The fourth-order valence-corrected chi connectivity index (χ4v) is 4.22. The van der Waals surface area contributed by atoms with Crippen molar-refractivity contribution >= 4 is 33.7 Å². The molecule has 3 fully saturated rings. The minimum atomic E-state index is -0.415. The van der Waals surface area contributed by atoms with Gasteiger partial charge in [-0.1, -0.05) is 15.9 Å². The van der Waals surface area contributed by atoms with Gasteiger partial charge in [0.05, 0.1) is 0 Å². The summed E-state index contributed by atoms with van der Waals surface area (Å²) in [6, 6.07) is 6.24. The van der Waals surface area contributed by atoms with Gasteiger partial charge in [-0.25, -0.2) is 0 Å². The number of hydrogen-bond donors (Lipinski definition) is 1. The highest BCUT2D eigenvalue weighted by Crippen LogP contribution is 2.32. The number of amides is 3. The number of fused-ring (bicyclic) bond motifs is 2. The quantitative estimate of drug-likeness (QED) is 0.821. The Hall–Kier alpha value is -1.89. The van der Waals surface area contributed by atoms with Crippen molar-refractivity contribution in [3.8, 4) is 0 Å². The number of hydrogen-bond acceptors (Lipinski definition) is 3. The van der Waals surface area contributed by atoms with Crippen molar-refractivity contribution in [2.45, 2.75) is 37.4 Å². The molecule has 4 rings (SSSR count). The van der Waals surface area contributed by atoms with Crippen LogP contribution in [0.3, 0.4) is 0 Å². The van der Waals surface area contributed by atoms with Crippen LogP contribution in [0.1, 0.15) is 29.6 Å². The van der Waals surface area contributed by atoms with Crippen molar-refractivity contribution in [3.05, 3.63) is 34.3 Å². The maximum absolute atomic E-state index is 12.6. The van der Waals surface area contributed by atoms with E-state index in [9.17, 15) is 14.4 Å². The van der Waals surface area contributed by atoms with Gasteiger partial charge in [0, 0.05) is 29.2 Å². The molecule has 0 aliphatic carbocycles. The summed E-state index contributed by atoms with van der Waals surface area (Å²) in [6.45, 7) is 1.09. The molecule has 3 heterocycles. The van der Waals surface area contributed by atoms with E-state index in [1.165, 1.54) is 0 Å². The van der Waals surface area contributed by atoms with E-state index in [0.717, 1.165) is 17.3 Å². The number of carbonyl (C=O) groups excluding carboxylic acids is 3. The topological polar surface area (TPSA) is 69.7 Å². The summed E-state index contributed by atoms with van der Waals surface area (Å²) in [4.78, 5) is 40.9. The highest BCUT2D eigenvalue weighted by molar-refractivity contribution is 9.10. The smallest absolute Gasteiger partial charge is 0.251 e. The highest BCUT2D eigenvalue weighted by atomic mass is 79.9. The average molecular weight is 392 g/mol. The van der Waals surface area contributed by atoms with Crippen LogP contribution < -0.4 is 5.32 Å². The molecule has 1 aromatic carbocycles. The number of carbonyl (C=O) groups is 3. The molecule has 1 N–H and O–H groups in total. The van der Waals surface area contributed by atoms with Crippen LogP contribution >= 0.6 is 15.9 Å². The van der Waals surface area contributed by atoms with Crippen molar-refractivity contribution in [2.75, 3.05) is 13.1 Å². The van der Waals surface area contributed by atoms with Gasteiger partial charge in [0.25, 0.3) is 5.91 Å². The Labute approximate surface area is 148 Å². The molecule has 0 spiro atoms. The molecule has 3 aliphatic heterocycles. The standard InChI is InChI=1S/C17H18BrN3O3/c18-11-5-3-10(4-6-11)15(22)19-12-8-14-17(24)20-7-1-2-13(20)16(23)21(14)9-12/h3-6,12-14H,1-2,7-9H2,(H,19,22)/t12-,13+,14-/m0/s1. The highest BCUT2D eigenvalue weighted by Gasteiger charge is 2.51.